The Hall–Kier alpha value is -1.78. The third kappa shape index (κ3) is 1.93. The standard InChI is InChI=1S/C11H17N5/c1-4-13-10-9(12)11(15-7(2)14-10)16(3)8-5-6-8/h4,8H,1,5-6,12H2,2-3H3,(H,13,14,15). The summed E-state index contributed by atoms with van der Waals surface area (Å²) in [6.45, 7) is 5.47. The Morgan fingerprint density at radius 3 is 2.75 bits per heavy atom. The Labute approximate surface area is 95.4 Å². The maximum atomic E-state index is 6.03. The number of nitrogens with one attached hydrogen (secondary N) is 1. The van der Waals surface area contributed by atoms with Crippen molar-refractivity contribution in [2.75, 3.05) is 23.0 Å². The van der Waals surface area contributed by atoms with Gasteiger partial charge in [0.2, 0.25) is 0 Å². The smallest absolute Gasteiger partial charge is 0.159 e. The molecule has 86 valence electrons. The number of anilines is 3. The van der Waals surface area contributed by atoms with Crippen LogP contribution in [0.25, 0.3) is 0 Å². The van der Waals surface area contributed by atoms with Crippen molar-refractivity contribution in [3.05, 3.63) is 18.6 Å². The summed E-state index contributed by atoms with van der Waals surface area (Å²) in [5.41, 5.74) is 6.61. The van der Waals surface area contributed by atoms with Gasteiger partial charge >= 0.3 is 0 Å². The van der Waals surface area contributed by atoms with Gasteiger partial charge < -0.3 is 16.0 Å². The van der Waals surface area contributed by atoms with Crippen molar-refractivity contribution < 1.29 is 0 Å². The lowest BCUT2D eigenvalue weighted by Gasteiger charge is -2.20. The third-order valence-corrected chi connectivity index (χ3v) is 2.70. The highest BCUT2D eigenvalue weighted by atomic mass is 15.2. The molecule has 1 aliphatic carbocycles. The molecular weight excluding hydrogens is 202 g/mol. The third-order valence-electron chi connectivity index (χ3n) is 2.70. The first-order valence-corrected chi connectivity index (χ1v) is 5.38. The molecule has 3 N–H and O–H groups in total. The molecular formula is C11H17N5. The number of nitrogens with zero attached hydrogens (tertiary/aromatic N) is 3. The Morgan fingerprint density at radius 2 is 2.19 bits per heavy atom. The Bertz CT molecular complexity index is 411. The molecule has 5 heteroatoms. The largest absolute Gasteiger partial charge is 0.393 e. The fourth-order valence-corrected chi connectivity index (χ4v) is 1.68. The first-order valence-electron chi connectivity index (χ1n) is 5.38. The fourth-order valence-electron chi connectivity index (χ4n) is 1.68. The van der Waals surface area contributed by atoms with E-state index in [9.17, 15) is 0 Å². The highest BCUT2D eigenvalue weighted by molar-refractivity contribution is 5.76. The monoisotopic (exact) mass is 219 g/mol. The average Bonchev–Trinajstić information content (AvgIpc) is 3.06. The topological polar surface area (TPSA) is 67.1 Å². The lowest BCUT2D eigenvalue weighted by atomic mass is 10.3. The molecule has 2 rings (SSSR count). The van der Waals surface area contributed by atoms with E-state index in [4.69, 9.17) is 5.73 Å². The molecule has 0 amide bonds. The van der Waals surface area contributed by atoms with Gasteiger partial charge in [0.15, 0.2) is 11.6 Å². The molecule has 0 unspecified atom stereocenters. The van der Waals surface area contributed by atoms with Gasteiger partial charge in [-0.25, -0.2) is 9.97 Å². The van der Waals surface area contributed by atoms with E-state index in [1.807, 2.05) is 14.0 Å². The van der Waals surface area contributed by atoms with Crippen LogP contribution < -0.4 is 16.0 Å². The van der Waals surface area contributed by atoms with Gasteiger partial charge in [-0.2, -0.15) is 0 Å². The van der Waals surface area contributed by atoms with Crippen molar-refractivity contribution in [2.24, 2.45) is 0 Å². The van der Waals surface area contributed by atoms with Crippen LogP contribution in [-0.4, -0.2) is 23.1 Å². The van der Waals surface area contributed by atoms with Crippen LogP contribution in [0, 0.1) is 6.92 Å². The van der Waals surface area contributed by atoms with Gasteiger partial charge in [-0.3, -0.25) is 0 Å². The maximum Gasteiger partial charge on any atom is 0.159 e. The summed E-state index contributed by atoms with van der Waals surface area (Å²) >= 11 is 0. The van der Waals surface area contributed by atoms with E-state index in [2.05, 4.69) is 26.8 Å². The average molecular weight is 219 g/mol. The molecule has 5 nitrogen and oxygen atoms in total. The summed E-state index contributed by atoms with van der Waals surface area (Å²) in [6.07, 6.45) is 3.99. The molecule has 1 aromatic heterocycles. The predicted molar refractivity (Wildman–Crippen MR) is 66.4 cm³/mol. The fraction of sp³-hybridized carbons (Fsp3) is 0.455. The van der Waals surface area contributed by atoms with Crippen molar-refractivity contribution in [3.63, 3.8) is 0 Å². The van der Waals surface area contributed by atoms with E-state index >= 15 is 0 Å². The van der Waals surface area contributed by atoms with Crippen LogP contribution in [0.5, 0.6) is 0 Å². The number of rotatable bonds is 4. The van der Waals surface area contributed by atoms with Crippen LogP contribution in [0.15, 0.2) is 12.8 Å². The lowest BCUT2D eigenvalue weighted by molar-refractivity contribution is 0.878. The molecule has 0 spiro atoms. The second-order valence-electron chi connectivity index (χ2n) is 4.05. The van der Waals surface area contributed by atoms with Crippen molar-refractivity contribution in [3.8, 4) is 0 Å². The van der Waals surface area contributed by atoms with Crippen molar-refractivity contribution in [1.29, 1.82) is 0 Å². The SMILES string of the molecule is C=CNc1nc(C)nc(N(C)C2CC2)c1N. The quantitative estimate of drug-likeness (QED) is 0.803. The molecule has 0 aromatic carbocycles. The zero-order chi connectivity index (χ0) is 11.7. The molecule has 16 heavy (non-hydrogen) atoms. The maximum absolute atomic E-state index is 6.03. The van der Waals surface area contributed by atoms with Gasteiger partial charge in [0, 0.05) is 13.1 Å². The number of hydrogen-bond acceptors (Lipinski definition) is 5. The van der Waals surface area contributed by atoms with E-state index in [1.54, 1.807) is 6.20 Å². The zero-order valence-corrected chi connectivity index (χ0v) is 9.70. The number of aromatic nitrogens is 2. The normalized spacial score (nSPS) is 14.6. The lowest BCUT2D eigenvalue weighted by Crippen LogP contribution is -2.23. The summed E-state index contributed by atoms with van der Waals surface area (Å²) in [5, 5.41) is 2.93. The second-order valence-corrected chi connectivity index (χ2v) is 4.05. The molecule has 0 radical (unpaired) electrons. The van der Waals surface area contributed by atoms with Gasteiger partial charge in [-0.05, 0) is 26.0 Å². The molecule has 1 aromatic rings. The molecule has 0 aliphatic heterocycles. The van der Waals surface area contributed by atoms with E-state index in [-0.39, 0.29) is 0 Å². The number of hydrogen-bond donors (Lipinski definition) is 2. The zero-order valence-electron chi connectivity index (χ0n) is 9.70. The van der Waals surface area contributed by atoms with Crippen LogP contribution in [0.3, 0.4) is 0 Å². The van der Waals surface area contributed by atoms with Crippen LogP contribution in [0.4, 0.5) is 17.3 Å². The van der Waals surface area contributed by atoms with Gasteiger partial charge in [0.1, 0.15) is 11.5 Å². The molecule has 0 saturated heterocycles. The van der Waals surface area contributed by atoms with Gasteiger partial charge in [0.05, 0.1) is 0 Å². The minimum atomic E-state index is 0.577. The van der Waals surface area contributed by atoms with Crippen molar-refractivity contribution in [1.82, 2.24) is 9.97 Å². The molecule has 0 bridgehead atoms. The van der Waals surface area contributed by atoms with E-state index < -0.39 is 0 Å². The molecule has 0 atom stereocenters. The van der Waals surface area contributed by atoms with Gasteiger partial charge in [-0.15, -0.1) is 0 Å². The second kappa shape index (κ2) is 4.00. The van der Waals surface area contributed by atoms with Crippen molar-refractivity contribution in [2.45, 2.75) is 25.8 Å². The number of nitrogen functional groups attached to an aromatic ring is 1. The van der Waals surface area contributed by atoms with Crippen LogP contribution in [-0.2, 0) is 0 Å². The summed E-state index contributed by atoms with van der Waals surface area (Å²) in [6, 6.07) is 0.577. The molecule has 1 saturated carbocycles. The first-order chi connectivity index (χ1) is 7.63. The van der Waals surface area contributed by atoms with Crippen LogP contribution >= 0.6 is 0 Å². The number of aryl methyl sites for hydroxylation is 1. The summed E-state index contributed by atoms with van der Waals surface area (Å²) in [5.74, 6) is 2.14. The van der Waals surface area contributed by atoms with Crippen molar-refractivity contribution >= 4 is 17.3 Å². The predicted octanol–water partition coefficient (Wildman–Crippen LogP) is 1.52. The Morgan fingerprint density at radius 1 is 1.50 bits per heavy atom. The van der Waals surface area contributed by atoms with Crippen LogP contribution in [0.2, 0.25) is 0 Å². The van der Waals surface area contributed by atoms with Gasteiger partial charge in [0.25, 0.3) is 0 Å². The van der Waals surface area contributed by atoms with E-state index in [1.165, 1.54) is 12.8 Å². The minimum Gasteiger partial charge on any atom is -0.393 e. The minimum absolute atomic E-state index is 0.577. The number of nitrogens with two attached hydrogens (primary N) is 1. The molecule has 1 aliphatic rings. The van der Waals surface area contributed by atoms with Gasteiger partial charge in [-0.1, -0.05) is 6.58 Å². The highest BCUT2D eigenvalue weighted by Crippen LogP contribution is 2.34. The Kier molecular flexibility index (Phi) is 2.68. The summed E-state index contributed by atoms with van der Waals surface area (Å²) in [4.78, 5) is 10.8. The highest BCUT2D eigenvalue weighted by Gasteiger charge is 2.29. The molecule has 1 heterocycles. The summed E-state index contributed by atoms with van der Waals surface area (Å²) in [7, 11) is 2.02. The Balaban J connectivity index is 2.38. The van der Waals surface area contributed by atoms with E-state index in [0.717, 1.165) is 5.82 Å². The summed E-state index contributed by atoms with van der Waals surface area (Å²) < 4.78 is 0. The first kappa shape index (κ1) is 10.7. The van der Waals surface area contributed by atoms with Crippen LogP contribution in [0.1, 0.15) is 18.7 Å². The van der Waals surface area contributed by atoms with E-state index in [0.29, 0.717) is 23.4 Å². The molecule has 1 fully saturated rings.